The van der Waals surface area contributed by atoms with Crippen LogP contribution in [0.15, 0.2) is 24.3 Å². The lowest BCUT2D eigenvalue weighted by molar-refractivity contribution is -0.126. The Kier molecular flexibility index (Phi) is 7.23. The van der Waals surface area contributed by atoms with Crippen molar-refractivity contribution in [2.75, 3.05) is 12.3 Å². The molecule has 0 aliphatic carbocycles. The van der Waals surface area contributed by atoms with Gasteiger partial charge in [-0.3, -0.25) is 9.69 Å². The number of carbonyl (C=O) groups is 1. The zero-order chi connectivity index (χ0) is 15.8. The molecule has 21 heavy (non-hydrogen) atoms. The Hall–Kier alpha value is -1.55. The topological polar surface area (TPSA) is 58.4 Å². The highest BCUT2D eigenvalue weighted by atomic mass is 16.2. The van der Waals surface area contributed by atoms with Crippen molar-refractivity contribution in [3.05, 3.63) is 29.8 Å². The van der Waals surface area contributed by atoms with E-state index in [1.165, 1.54) is 0 Å². The van der Waals surface area contributed by atoms with Crippen molar-refractivity contribution in [3.63, 3.8) is 0 Å². The van der Waals surface area contributed by atoms with Gasteiger partial charge in [-0.05, 0) is 44.0 Å². The minimum atomic E-state index is -0.142. The SMILES string of the molecule is CCC(CC)NC(=O)C(C)N(CC)Cc1cccc(N)c1. The fourth-order valence-electron chi connectivity index (χ4n) is 2.43. The van der Waals surface area contributed by atoms with Crippen LogP contribution >= 0.6 is 0 Å². The summed E-state index contributed by atoms with van der Waals surface area (Å²) in [5.74, 6) is 0.106. The van der Waals surface area contributed by atoms with Crippen LogP contribution in [0.4, 0.5) is 5.69 Å². The van der Waals surface area contributed by atoms with E-state index in [2.05, 4.69) is 31.0 Å². The van der Waals surface area contributed by atoms with Crippen LogP contribution in [0.3, 0.4) is 0 Å². The lowest BCUT2D eigenvalue weighted by Crippen LogP contribution is -2.47. The Labute approximate surface area is 128 Å². The van der Waals surface area contributed by atoms with Crippen LogP contribution in [0.2, 0.25) is 0 Å². The van der Waals surface area contributed by atoms with Crippen LogP contribution in [-0.2, 0) is 11.3 Å². The van der Waals surface area contributed by atoms with E-state index in [-0.39, 0.29) is 18.0 Å². The van der Waals surface area contributed by atoms with E-state index < -0.39 is 0 Å². The van der Waals surface area contributed by atoms with Crippen molar-refractivity contribution in [1.29, 1.82) is 0 Å². The Morgan fingerprint density at radius 2 is 1.95 bits per heavy atom. The van der Waals surface area contributed by atoms with Gasteiger partial charge in [0.05, 0.1) is 6.04 Å². The summed E-state index contributed by atoms with van der Waals surface area (Å²) in [5.41, 5.74) is 7.72. The summed E-state index contributed by atoms with van der Waals surface area (Å²) in [6, 6.07) is 7.97. The maximum absolute atomic E-state index is 12.4. The molecule has 0 fully saturated rings. The number of nitrogens with zero attached hydrogens (tertiary/aromatic N) is 1. The highest BCUT2D eigenvalue weighted by Crippen LogP contribution is 2.12. The molecule has 0 spiro atoms. The molecule has 0 aromatic heterocycles. The molecule has 1 atom stereocenters. The van der Waals surface area contributed by atoms with Gasteiger partial charge in [0.2, 0.25) is 5.91 Å². The van der Waals surface area contributed by atoms with E-state index in [0.717, 1.165) is 37.2 Å². The molecule has 4 nitrogen and oxygen atoms in total. The molecule has 1 amide bonds. The van der Waals surface area contributed by atoms with Crippen molar-refractivity contribution in [1.82, 2.24) is 10.2 Å². The first-order valence-corrected chi connectivity index (χ1v) is 7.90. The van der Waals surface area contributed by atoms with Crippen LogP contribution in [-0.4, -0.2) is 29.4 Å². The number of amides is 1. The van der Waals surface area contributed by atoms with Crippen molar-refractivity contribution >= 4 is 11.6 Å². The molecule has 1 aromatic rings. The summed E-state index contributed by atoms with van der Waals surface area (Å²) in [4.78, 5) is 14.5. The molecule has 1 unspecified atom stereocenters. The number of anilines is 1. The molecule has 0 aliphatic heterocycles. The molecule has 0 aliphatic rings. The van der Waals surface area contributed by atoms with Crippen molar-refractivity contribution in [2.45, 2.75) is 59.2 Å². The Morgan fingerprint density at radius 1 is 1.29 bits per heavy atom. The Bertz CT molecular complexity index is 443. The fraction of sp³-hybridized carbons (Fsp3) is 0.588. The summed E-state index contributed by atoms with van der Waals surface area (Å²) in [5, 5.41) is 3.12. The second-order valence-corrected chi connectivity index (χ2v) is 5.51. The van der Waals surface area contributed by atoms with Gasteiger partial charge in [-0.1, -0.05) is 32.9 Å². The second kappa shape index (κ2) is 8.67. The lowest BCUT2D eigenvalue weighted by Gasteiger charge is -2.28. The van der Waals surface area contributed by atoms with Crippen molar-refractivity contribution < 1.29 is 4.79 Å². The monoisotopic (exact) mass is 291 g/mol. The minimum Gasteiger partial charge on any atom is -0.399 e. The molecular formula is C17H29N3O. The third-order valence-corrected chi connectivity index (χ3v) is 4.00. The van der Waals surface area contributed by atoms with Crippen LogP contribution in [0.25, 0.3) is 0 Å². The fourth-order valence-corrected chi connectivity index (χ4v) is 2.43. The number of carbonyl (C=O) groups excluding carboxylic acids is 1. The van der Waals surface area contributed by atoms with Gasteiger partial charge < -0.3 is 11.1 Å². The summed E-state index contributed by atoms with van der Waals surface area (Å²) in [7, 11) is 0. The summed E-state index contributed by atoms with van der Waals surface area (Å²) < 4.78 is 0. The largest absolute Gasteiger partial charge is 0.399 e. The van der Waals surface area contributed by atoms with E-state index in [0.29, 0.717) is 0 Å². The second-order valence-electron chi connectivity index (χ2n) is 5.51. The van der Waals surface area contributed by atoms with E-state index in [1.807, 2.05) is 31.2 Å². The number of hydrogen-bond acceptors (Lipinski definition) is 3. The Balaban J connectivity index is 2.68. The van der Waals surface area contributed by atoms with Crippen molar-refractivity contribution in [3.8, 4) is 0 Å². The maximum atomic E-state index is 12.4. The highest BCUT2D eigenvalue weighted by molar-refractivity contribution is 5.81. The molecular weight excluding hydrogens is 262 g/mol. The predicted molar refractivity (Wildman–Crippen MR) is 88.9 cm³/mol. The first-order valence-electron chi connectivity index (χ1n) is 7.90. The van der Waals surface area contributed by atoms with E-state index in [1.54, 1.807) is 0 Å². The predicted octanol–water partition coefficient (Wildman–Crippen LogP) is 2.78. The number of nitrogens with one attached hydrogen (secondary N) is 1. The number of nitrogen functional groups attached to an aromatic ring is 1. The smallest absolute Gasteiger partial charge is 0.237 e. The molecule has 1 rings (SSSR count). The summed E-state index contributed by atoms with van der Waals surface area (Å²) in [6.45, 7) is 9.80. The number of benzene rings is 1. The highest BCUT2D eigenvalue weighted by Gasteiger charge is 2.21. The molecule has 0 saturated heterocycles. The minimum absolute atomic E-state index is 0.106. The van der Waals surface area contributed by atoms with Gasteiger partial charge in [0.1, 0.15) is 0 Å². The first kappa shape index (κ1) is 17.5. The normalized spacial score (nSPS) is 12.7. The van der Waals surface area contributed by atoms with E-state index >= 15 is 0 Å². The summed E-state index contributed by atoms with van der Waals surface area (Å²) in [6.07, 6.45) is 1.94. The third-order valence-electron chi connectivity index (χ3n) is 4.00. The summed E-state index contributed by atoms with van der Waals surface area (Å²) >= 11 is 0. The molecule has 3 N–H and O–H groups in total. The van der Waals surface area contributed by atoms with E-state index in [4.69, 9.17) is 5.73 Å². The average Bonchev–Trinajstić information content (AvgIpc) is 2.49. The molecule has 0 bridgehead atoms. The van der Waals surface area contributed by atoms with E-state index in [9.17, 15) is 4.79 Å². The number of rotatable bonds is 8. The van der Waals surface area contributed by atoms with Crippen LogP contribution in [0.1, 0.15) is 46.1 Å². The standard InChI is InChI=1S/C17H29N3O/c1-5-16(6-2)19-17(21)13(4)20(7-3)12-14-9-8-10-15(18)11-14/h8-11,13,16H,5-7,12,18H2,1-4H3,(H,19,21). The van der Waals surface area contributed by atoms with Gasteiger partial charge in [0, 0.05) is 18.3 Å². The number of nitrogens with two attached hydrogens (primary N) is 1. The zero-order valence-corrected chi connectivity index (χ0v) is 13.7. The number of hydrogen-bond donors (Lipinski definition) is 2. The zero-order valence-electron chi connectivity index (χ0n) is 13.7. The van der Waals surface area contributed by atoms with Crippen LogP contribution < -0.4 is 11.1 Å². The number of likely N-dealkylation sites (N-methyl/N-ethyl adjacent to an activating group) is 1. The quantitative estimate of drug-likeness (QED) is 0.724. The van der Waals surface area contributed by atoms with Gasteiger partial charge >= 0.3 is 0 Å². The molecule has 0 saturated carbocycles. The molecule has 4 heteroatoms. The van der Waals surface area contributed by atoms with Gasteiger partial charge in [0.15, 0.2) is 0 Å². The lowest BCUT2D eigenvalue weighted by atomic mass is 10.1. The molecule has 0 heterocycles. The Morgan fingerprint density at radius 3 is 2.48 bits per heavy atom. The van der Waals surface area contributed by atoms with Crippen LogP contribution in [0.5, 0.6) is 0 Å². The van der Waals surface area contributed by atoms with Gasteiger partial charge in [-0.25, -0.2) is 0 Å². The van der Waals surface area contributed by atoms with Gasteiger partial charge in [-0.15, -0.1) is 0 Å². The molecule has 1 aromatic carbocycles. The average molecular weight is 291 g/mol. The third kappa shape index (κ3) is 5.38. The van der Waals surface area contributed by atoms with Crippen LogP contribution in [0, 0.1) is 0 Å². The van der Waals surface area contributed by atoms with Gasteiger partial charge in [-0.2, -0.15) is 0 Å². The van der Waals surface area contributed by atoms with Crippen molar-refractivity contribution in [2.24, 2.45) is 0 Å². The first-order chi connectivity index (χ1) is 10.0. The maximum Gasteiger partial charge on any atom is 0.237 e. The molecule has 118 valence electrons. The van der Waals surface area contributed by atoms with Gasteiger partial charge in [0.25, 0.3) is 0 Å². The molecule has 0 radical (unpaired) electrons.